The topological polar surface area (TPSA) is 43.8 Å². The van der Waals surface area contributed by atoms with E-state index < -0.39 is 0 Å². The third-order valence-electron chi connectivity index (χ3n) is 6.68. The van der Waals surface area contributed by atoms with Gasteiger partial charge >= 0.3 is 0 Å². The Labute approximate surface area is 167 Å². The van der Waals surface area contributed by atoms with Crippen LogP contribution in [-0.2, 0) is 0 Å². The number of nitrogens with zero attached hydrogens (tertiary/aromatic N) is 2. The summed E-state index contributed by atoms with van der Waals surface area (Å²) in [7, 11) is 0. The van der Waals surface area contributed by atoms with Crippen molar-refractivity contribution >= 4 is 5.91 Å². The van der Waals surface area contributed by atoms with Crippen molar-refractivity contribution in [2.75, 3.05) is 32.7 Å². The molecule has 0 aromatic heterocycles. The lowest BCUT2D eigenvalue weighted by molar-refractivity contribution is 0.0157. The minimum atomic E-state index is -0.0456. The van der Waals surface area contributed by atoms with Crippen LogP contribution in [0.2, 0.25) is 0 Å². The van der Waals surface area contributed by atoms with Gasteiger partial charge in [-0.25, -0.2) is 0 Å². The zero-order chi connectivity index (χ0) is 19.6. The van der Waals surface area contributed by atoms with Crippen LogP contribution in [0.5, 0.6) is 5.75 Å². The summed E-state index contributed by atoms with van der Waals surface area (Å²) in [5.74, 6) is 0.595. The van der Waals surface area contributed by atoms with Crippen molar-refractivity contribution in [3.8, 4) is 5.75 Å². The number of likely N-dealkylation sites (tertiary alicyclic amines) is 2. The molecule has 2 fully saturated rings. The number of benzene rings is 2. The predicted octanol–water partition coefficient (Wildman–Crippen LogP) is 4.12. The first kappa shape index (κ1) is 19.0. The van der Waals surface area contributed by atoms with E-state index in [0.717, 1.165) is 45.6 Å². The van der Waals surface area contributed by atoms with Gasteiger partial charge in [-0.05, 0) is 54.8 Å². The van der Waals surface area contributed by atoms with Crippen LogP contribution in [0.3, 0.4) is 0 Å². The van der Waals surface area contributed by atoms with Gasteiger partial charge in [0.05, 0.1) is 5.56 Å². The van der Waals surface area contributed by atoms with Crippen LogP contribution in [0.25, 0.3) is 0 Å². The molecule has 4 rings (SSSR count). The molecule has 1 amide bonds. The number of likely N-dealkylation sites (N-methyl/N-ethyl adjacent to an activating group) is 1. The van der Waals surface area contributed by atoms with Crippen LogP contribution in [0.4, 0.5) is 0 Å². The number of piperidine rings is 2. The Kier molecular flexibility index (Phi) is 5.40. The highest BCUT2D eigenvalue weighted by atomic mass is 16.3. The second-order valence-electron chi connectivity index (χ2n) is 8.45. The molecule has 2 saturated heterocycles. The molecule has 0 radical (unpaired) electrons. The highest BCUT2D eigenvalue weighted by molar-refractivity contribution is 5.96. The number of para-hydroxylation sites is 1. The van der Waals surface area contributed by atoms with Gasteiger partial charge in [-0.2, -0.15) is 0 Å². The van der Waals surface area contributed by atoms with Crippen LogP contribution in [0.1, 0.15) is 48.0 Å². The maximum atomic E-state index is 12.9. The molecule has 1 N–H and O–H groups in total. The molecule has 4 nitrogen and oxygen atoms in total. The van der Waals surface area contributed by atoms with Gasteiger partial charge in [0.2, 0.25) is 0 Å². The van der Waals surface area contributed by atoms with Crippen molar-refractivity contribution in [3.05, 3.63) is 65.7 Å². The Morgan fingerprint density at radius 2 is 1.75 bits per heavy atom. The Morgan fingerprint density at radius 1 is 1.07 bits per heavy atom. The monoisotopic (exact) mass is 378 g/mol. The molecular weight excluding hydrogens is 348 g/mol. The quantitative estimate of drug-likeness (QED) is 0.874. The van der Waals surface area contributed by atoms with E-state index in [2.05, 4.69) is 42.2 Å². The van der Waals surface area contributed by atoms with Gasteiger partial charge in [-0.15, -0.1) is 0 Å². The fourth-order valence-electron chi connectivity index (χ4n) is 5.06. The average Bonchev–Trinajstić information content (AvgIpc) is 2.74. The van der Waals surface area contributed by atoms with Crippen molar-refractivity contribution in [2.45, 2.75) is 32.1 Å². The maximum absolute atomic E-state index is 12.9. The second kappa shape index (κ2) is 7.96. The summed E-state index contributed by atoms with van der Waals surface area (Å²) in [5.41, 5.74) is 2.14. The summed E-state index contributed by atoms with van der Waals surface area (Å²) in [6.07, 6.45) is 3.27. The Bertz CT molecular complexity index is 812. The van der Waals surface area contributed by atoms with Crippen molar-refractivity contribution in [3.63, 3.8) is 0 Å². The van der Waals surface area contributed by atoms with E-state index in [9.17, 15) is 9.90 Å². The fourth-order valence-corrected chi connectivity index (χ4v) is 5.06. The van der Waals surface area contributed by atoms with E-state index in [1.54, 1.807) is 18.2 Å². The number of carbonyl (C=O) groups excluding carboxylic acids is 1. The first-order valence-electron chi connectivity index (χ1n) is 10.4. The lowest BCUT2D eigenvalue weighted by atomic mass is 9.68. The Morgan fingerprint density at radius 3 is 2.43 bits per heavy atom. The average molecular weight is 379 g/mol. The fraction of sp³-hybridized carbons (Fsp3) is 0.458. The first-order chi connectivity index (χ1) is 13.6. The molecule has 148 valence electrons. The third-order valence-corrected chi connectivity index (χ3v) is 6.68. The second-order valence-corrected chi connectivity index (χ2v) is 8.45. The van der Waals surface area contributed by atoms with Crippen molar-refractivity contribution < 1.29 is 9.90 Å². The summed E-state index contributed by atoms with van der Waals surface area (Å²) >= 11 is 0. The Balaban J connectivity index is 1.47. The summed E-state index contributed by atoms with van der Waals surface area (Å²) in [4.78, 5) is 17.4. The molecular formula is C24H30N2O2. The number of rotatable bonds is 3. The summed E-state index contributed by atoms with van der Waals surface area (Å²) in [5, 5.41) is 10.0. The van der Waals surface area contributed by atoms with Crippen LogP contribution in [0, 0.1) is 5.41 Å². The van der Waals surface area contributed by atoms with Crippen LogP contribution in [0.15, 0.2) is 54.6 Å². The van der Waals surface area contributed by atoms with Crippen LogP contribution < -0.4 is 0 Å². The summed E-state index contributed by atoms with van der Waals surface area (Å²) in [6, 6.07) is 17.7. The molecule has 1 spiro atoms. The lowest BCUT2D eigenvalue weighted by Gasteiger charge is -2.50. The first-order valence-corrected chi connectivity index (χ1v) is 10.4. The van der Waals surface area contributed by atoms with Gasteiger partial charge in [0.25, 0.3) is 5.91 Å². The molecule has 0 unspecified atom stereocenters. The number of hydrogen-bond donors (Lipinski definition) is 1. The van der Waals surface area contributed by atoms with Gasteiger partial charge in [0.15, 0.2) is 0 Å². The minimum absolute atomic E-state index is 0.0456. The number of aromatic hydroxyl groups is 1. The lowest BCUT2D eigenvalue weighted by Crippen LogP contribution is -2.52. The molecule has 2 heterocycles. The summed E-state index contributed by atoms with van der Waals surface area (Å²) in [6.45, 7) is 7.12. The zero-order valence-corrected chi connectivity index (χ0v) is 16.7. The molecule has 1 atom stereocenters. The predicted molar refractivity (Wildman–Crippen MR) is 112 cm³/mol. The largest absolute Gasteiger partial charge is 0.507 e. The highest BCUT2D eigenvalue weighted by Gasteiger charge is 2.42. The third kappa shape index (κ3) is 3.79. The van der Waals surface area contributed by atoms with Crippen molar-refractivity contribution in [1.82, 2.24) is 9.80 Å². The summed E-state index contributed by atoms with van der Waals surface area (Å²) < 4.78 is 0. The molecule has 28 heavy (non-hydrogen) atoms. The number of phenols is 1. The van der Waals surface area contributed by atoms with Crippen molar-refractivity contribution in [1.29, 1.82) is 0 Å². The number of hydrogen-bond acceptors (Lipinski definition) is 3. The number of carbonyl (C=O) groups is 1. The van der Waals surface area contributed by atoms with Gasteiger partial charge in [0, 0.05) is 26.2 Å². The molecule has 0 saturated carbocycles. The SMILES string of the molecule is CCN1C[C@H](c2ccccc2)CC2(CCN(C(=O)c3ccccc3O)CC2)C1. The smallest absolute Gasteiger partial charge is 0.257 e. The van der Waals surface area contributed by atoms with E-state index in [-0.39, 0.29) is 17.1 Å². The van der Waals surface area contributed by atoms with Gasteiger partial charge < -0.3 is 14.9 Å². The molecule has 4 heteroatoms. The van der Waals surface area contributed by atoms with Crippen LogP contribution >= 0.6 is 0 Å². The highest BCUT2D eigenvalue weighted by Crippen LogP contribution is 2.45. The van der Waals surface area contributed by atoms with Crippen LogP contribution in [-0.4, -0.2) is 53.5 Å². The van der Waals surface area contributed by atoms with E-state index in [4.69, 9.17) is 0 Å². The molecule has 2 aliphatic heterocycles. The normalized spacial score (nSPS) is 22.3. The molecule has 0 aliphatic carbocycles. The van der Waals surface area contributed by atoms with Gasteiger partial charge in [-0.3, -0.25) is 4.79 Å². The van der Waals surface area contributed by atoms with Gasteiger partial charge in [0.1, 0.15) is 5.75 Å². The minimum Gasteiger partial charge on any atom is -0.507 e. The molecule has 2 aliphatic rings. The standard InChI is InChI=1S/C24H30N2O2/c1-2-25-17-20(19-8-4-3-5-9-19)16-24(18-25)12-14-26(15-13-24)23(28)21-10-6-7-11-22(21)27/h3-11,20,27H,2,12-18H2,1H3/t20-/m1/s1. The van der Waals surface area contributed by atoms with E-state index in [1.807, 2.05) is 11.0 Å². The number of phenolic OH excluding ortho intramolecular Hbond substituents is 1. The molecule has 2 aromatic rings. The Hall–Kier alpha value is -2.33. The van der Waals surface area contributed by atoms with E-state index in [0.29, 0.717) is 11.5 Å². The zero-order valence-electron chi connectivity index (χ0n) is 16.7. The van der Waals surface area contributed by atoms with E-state index in [1.165, 1.54) is 12.0 Å². The van der Waals surface area contributed by atoms with E-state index >= 15 is 0 Å². The molecule has 0 bridgehead atoms. The maximum Gasteiger partial charge on any atom is 0.257 e. The van der Waals surface area contributed by atoms with Gasteiger partial charge in [-0.1, -0.05) is 49.4 Å². The van der Waals surface area contributed by atoms with Crippen molar-refractivity contribution in [2.24, 2.45) is 5.41 Å². The number of amides is 1. The molecule has 2 aromatic carbocycles.